The van der Waals surface area contributed by atoms with Gasteiger partial charge in [-0.15, -0.1) is 11.3 Å². The van der Waals surface area contributed by atoms with Crippen molar-refractivity contribution in [2.75, 3.05) is 33.8 Å². The number of benzene rings is 1. The Morgan fingerprint density at radius 2 is 2.28 bits per heavy atom. The number of nitrogens with one attached hydrogen (secondary N) is 1. The van der Waals surface area contributed by atoms with Gasteiger partial charge < -0.3 is 10.1 Å². The van der Waals surface area contributed by atoms with Gasteiger partial charge in [-0.25, -0.2) is 0 Å². The molecular formula is C14H18N2OS. The lowest BCUT2D eigenvalue weighted by atomic mass is 10.1. The smallest absolute Gasteiger partial charge is 0.119 e. The highest BCUT2D eigenvalue weighted by molar-refractivity contribution is 7.19. The van der Waals surface area contributed by atoms with Crippen molar-refractivity contribution in [1.29, 1.82) is 0 Å². The van der Waals surface area contributed by atoms with E-state index in [2.05, 4.69) is 35.5 Å². The Hall–Kier alpha value is -1.10. The average molecular weight is 262 g/mol. The molecule has 1 saturated heterocycles. The summed E-state index contributed by atoms with van der Waals surface area (Å²) >= 11 is 1.89. The topological polar surface area (TPSA) is 24.5 Å². The van der Waals surface area contributed by atoms with E-state index >= 15 is 0 Å². The summed E-state index contributed by atoms with van der Waals surface area (Å²) in [7, 11) is 3.92. The summed E-state index contributed by atoms with van der Waals surface area (Å²) in [5.41, 5.74) is 0. The molecule has 1 aliphatic rings. The van der Waals surface area contributed by atoms with Crippen LogP contribution in [0.5, 0.6) is 5.75 Å². The molecule has 1 aromatic heterocycles. The molecule has 0 aliphatic carbocycles. The zero-order valence-corrected chi connectivity index (χ0v) is 11.6. The number of thiophene rings is 1. The van der Waals surface area contributed by atoms with E-state index < -0.39 is 0 Å². The fourth-order valence-corrected chi connectivity index (χ4v) is 3.67. The molecule has 0 radical (unpaired) electrons. The molecule has 0 saturated carbocycles. The van der Waals surface area contributed by atoms with Crippen molar-refractivity contribution in [3.8, 4) is 5.75 Å². The standard InChI is InChI=1S/C14H18N2OS/c1-16-6-5-15-9-12(16)14-8-10-7-11(17-2)3-4-13(10)18-14/h3-4,7-8,12,15H,5-6,9H2,1-2H3. The van der Waals surface area contributed by atoms with Crippen LogP contribution >= 0.6 is 11.3 Å². The first-order chi connectivity index (χ1) is 8.78. The van der Waals surface area contributed by atoms with Crippen LogP contribution in [0.4, 0.5) is 0 Å². The summed E-state index contributed by atoms with van der Waals surface area (Å²) < 4.78 is 6.62. The number of methoxy groups -OCH3 is 1. The van der Waals surface area contributed by atoms with Gasteiger partial charge in [-0.3, -0.25) is 4.90 Å². The lowest BCUT2D eigenvalue weighted by molar-refractivity contribution is 0.205. The van der Waals surface area contributed by atoms with Crippen LogP contribution in [0.2, 0.25) is 0 Å². The molecule has 0 spiro atoms. The zero-order valence-electron chi connectivity index (χ0n) is 10.8. The monoisotopic (exact) mass is 262 g/mol. The molecule has 3 rings (SSSR count). The quantitative estimate of drug-likeness (QED) is 0.900. The average Bonchev–Trinajstić information content (AvgIpc) is 2.81. The van der Waals surface area contributed by atoms with Crippen molar-refractivity contribution in [1.82, 2.24) is 10.2 Å². The number of piperazine rings is 1. The lowest BCUT2D eigenvalue weighted by Gasteiger charge is -2.32. The van der Waals surface area contributed by atoms with Gasteiger partial charge in [-0.1, -0.05) is 0 Å². The van der Waals surface area contributed by atoms with Crippen LogP contribution in [-0.2, 0) is 0 Å². The van der Waals surface area contributed by atoms with E-state index in [1.807, 2.05) is 17.4 Å². The maximum Gasteiger partial charge on any atom is 0.119 e. The molecule has 96 valence electrons. The molecule has 0 bridgehead atoms. The molecule has 2 heterocycles. The van der Waals surface area contributed by atoms with Gasteiger partial charge in [0.25, 0.3) is 0 Å². The summed E-state index contributed by atoms with van der Waals surface area (Å²) in [6, 6.07) is 9.11. The van der Waals surface area contributed by atoms with Gasteiger partial charge in [-0.2, -0.15) is 0 Å². The highest BCUT2D eigenvalue weighted by Gasteiger charge is 2.22. The third-order valence-corrected chi connectivity index (χ3v) is 4.80. The number of rotatable bonds is 2. The van der Waals surface area contributed by atoms with Gasteiger partial charge >= 0.3 is 0 Å². The molecule has 4 heteroatoms. The Kier molecular flexibility index (Phi) is 3.24. The van der Waals surface area contributed by atoms with Crippen molar-refractivity contribution in [3.63, 3.8) is 0 Å². The molecule has 0 amide bonds. The number of ether oxygens (including phenoxy) is 1. The second-order valence-corrected chi connectivity index (χ2v) is 5.87. The van der Waals surface area contributed by atoms with Gasteiger partial charge in [0.05, 0.1) is 13.2 Å². The molecule has 1 N–H and O–H groups in total. The predicted molar refractivity (Wildman–Crippen MR) is 76.6 cm³/mol. The van der Waals surface area contributed by atoms with E-state index in [9.17, 15) is 0 Å². The number of hydrogen-bond donors (Lipinski definition) is 1. The van der Waals surface area contributed by atoms with Crippen molar-refractivity contribution in [3.05, 3.63) is 29.1 Å². The maximum atomic E-state index is 5.28. The van der Waals surface area contributed by atoms with Crippen molar-refractivity contribution in [2.45, 2.75) is 6.04 Å². The summed E-state index contributed by atoms with van der Waals surface area (Å²) in [5, 5.41) is 4.76. The minimum atomic E-state index is 0.502. The minimum Gasteiger partial charge on any atom is -0.497 e. The SMILES string of the molecule is COc1ccc2sc(C3CNCCN3C)cc2c1. The first kappa shape index (κ1) is 12.0. The molecule has 1 aromatic carbocycles. The van der Waals surface area contributed by atoms with E-state index in [0.29, 0.717) is 6.04 Å². The second kappa shape index (κ2) is 4.88. The van der Waals surface area contributed by atoms with Gasteiger partial charge in [0.15, 0.2) is 0 Å². The summed E-state index contributed by atoms with van der Waals surface area (Å²) in [5.74, 6) is 0.932. The molecule has 3 nitrogen and oxygen atoms in total. The highest BCUT2D eigenvalue weighted by atomic mass is 32.1. The lowest BCUT2D eigenvalue weighted by Crippen LogP contribution is -2.43. The van der Waals surface area contributed by atoms with Gasteiger partial charge in [-0.05, 0) is 36.7 Å². The summed E-state index contributed by atoms with van der Waals surface area (Å²) in [6.45, 7) is 3.24. The van der Waals surface area contributed by atoms with E-state index in [4.69, 9.17) is 4.74 Å². The minimum absolute atomic E-state index is 0.502. The molecule has 1 unspecified atom stereocenters. The van der Waals surface area contributed by atoms with Crippen LogP contribution in [0.15, 0.2) is 24.3 Å². The van der Waals surface area contributed by atoms with E-state index in [1.54, 1.807) is 7.11 Å². The molecular weight excluding hydrogens is 244 g/mol. The number of hydrogen-bond acceptors (Lipinski definition) is 4. The molecule has 18 heavy (non-hydrogen) atoms. The van der Waals surface area contributed by atoms with Crippen LogP contribution in [0, 0.1) is 0 Å². The normalized spacial score (nSPS) is 21.3. The van der Waals surface area contributed by atoms with E-state index in [0.717, 1.165) is 25.4 Å². The first-order valence-electron chi connectivity index (χ1n) is 6.26. The summed E-state index contributed by atoms with van der Waals surface area (Å²) in [4.78, 5) is 3.87. The highest BCUT2D eigenvalue weighted by Crippen LogP contribution is 2.34. The van der Waals surface area contributed by atoms with E-state index in [-0.39, 0.29) is 0 Å². The number of fused-ring (bicyclic) bond motifs is 1. The molecule has 2 aromatic rings. The van der Waals surface area contributed by atoms with Crippen molar-refractivity contribution < 1.29 is 4.74 Å². The number of likely N-dealkylation sites (N-methyl/N-ethyl adjacent to an activating group) is 1. The summed E-state index contributed by atoms with van der Waals surface area (Å²) in [6.07, 6.45) is 0. The molecule has 1 aliphatic heterocycles. The van der Waals surface area contributed by atoms with Crippen molar-refractivity contribution in [2.24, 2.45) is 0 Å². The van der Waals surface area contributed by atoms with Gasteiger partial charge in [0, 0.05) is 29.2 Å². The fourth-order valence-electron chi connectivity index (χ4n) is 2.46. The predicted octanol–water partition coefficient (Wildman–Crippen LogP) is 2.49. The Bertz CT molecular complexity index is 552. The van der Waals surface area contributed by atoms with Crippen molar-refractivity contribution >= 4 is 21.4 Å². The van der Waals surface area contributed by atoms with Crippen LogP contribution in [0.25, 0.3) is 10.1 Å². The fraction of sp³-hybridized carbons (Fsp3) is 0.429. The van der Waals surface area contributed by atoms with Crippen LogP contribution < -0.4 is 10.1 Å². The second-order valence-electron chi connectivity index (χ2n) is 4.75. The first-order valence-corrected chi connectivity index (χ1v) is 7.08. The van der Waals surface area contributed by atoms with E-state index in [1.165, 1.54) is 15.0 Å². The zero-order chi connectivity index (χ0) is 12.5. The Balaban J connectivity index is 1.97. The van der Waals surface area contributed by atoms with Crippen LogP contribution in [0.1, 0.15) is 10.9 Å². The molecule has 1 fully saturated rings. The third kappa shape index (κ3) is 2.11. The molecule has 1 atom stereocenters. The van der Waals surface area contributed by atoms with Gasteiger partial charge in [0.2, 0.25) is 0 Å². The van der Waals surface area contributed by atoms with Crippen LogP contribution in [0.3, 0.4) is 0 Å². The third-order valence-electron chi connectivity index (χ3n) is 3.58. The number of nitrogens with zero attached hydrogens (tertiary/aromatic N) is 1. The van der Waals surface area contributed by atoms with Crippen LogP contribution in [-0.4, -0.2) is 38.7 Å². The largest absolute Gasteiger partial charge is 0.497 e. The maximum absolute atomic E-state index is 5.28. The Morgan fingerprint density at radius 1 is 1.39 bits per heavy atom. The Labute approximate surface area is 111 Å². The van der Waals surface area contributed by atoms with Gasteiger partial charge in [0.1, 0.15) is 5.75 Å². The Morgan fingerprint density at radius 3 is 3.06 bits per heavy atom.